The smallest absolute Gasteiger partial charge is 0.260 e. The van der Waals surface area contributed by atoms with Crippen molar-refractivity contribution in [1.29, 1.82) is 0 Å². The SMILES string of the molecule is COC1(c2noc(-c3cccc(F)c3N)n2)CCOCC1. The molecule has 1 fully saturated rings. The minimum atomic E-state index is -0.623. The zero-order valence-electron chi connectivity index (χ0n) is 11.6. The van der Waals surface area contributed by atoms with Crippen molar-refractivity contribution >= 4 is 5.69 Å². The number of hydrogen-bond donors (Lipinski definition) is 1. The van der Waals surface area contributed by atoms with Crippen LogP contribution in [0.1, 0.15) is 18.7 Å². The Hall–Kier alpha value is -1.99. The van der Waals surface area contributed by atoms with E-state index in [1.807, 2.05) is 0 Å². The van der Waals surface area contributed by atoms with Crippen LogP contribution < -0.4 is 5.73 Å². The van der Waals surface area contributed by atoms with E-state index >= 15 is 0 Å². The molecule has 2 N–H and O–H groups in total. The first kappa shape index (κ1) is 14.0. The lowest BCUT2D eigenvalue weighted by molar-refractivity contribution is -0.101. The fourth-order valence-electron chi connectivity index (χ4n) is 2.46. The van der Waals surface area contributed by atoms with Crippen molar-refractivity contribution in [1.82, 2.24) is 10.1 Å². The van der Waals surface area contributed by atoms with Crippen molar-refractivity contribution in [3.8, 4) is 11.5 Å². The van der Waals surface area contributed by atoms with Crippen LogP contribution in [0.5, 0.6) is 0 Å². The molecule has 6 nitrogen and oxygen atoms in total. The van der Waals surface area contributed by atoms with E-state index in [0.29, 0.717) is 37.4 Å². The Morgan fingerprint density at radius 1 is 1.33 bits per heavy atom. The molecule has 2 heterocycles. The molecule has 0 bridgehead atoms. The van der Waals surface area contributed by atoms with E-state index in [4.69, 9.17) is 19.7 Å². The highest BCUT2D eigenvalue weighted by atomic mass is 19.1. The van der Waals surface area contributed by atoms with E-state index < -0.39 is 11.4 Å². The number of halogens is 1. The van der Waals surface area contributed by atoms with Crippen molar-refractivity contribution in [3.63, 3.8) is 0 Å². The van der Waals surface area contributed by atoms with Crippen LogP contribution in [0, 0.1) is 5.82 Å². The van der Waals surface area contributed by atoms with Gasteiger partial charge in [-0.25, -0.2) is 4.39 Å². The lowest BCUT2D eigenvalue weighted by Crippen LogP contribution is -2.36. The summed E-state index contributed by atoms with van der Waals surface area (Å²) in [5, 5.41) is 3.99. The van der Waals surface area contributed by atoms with Crippen LogP contribution in [0.25, 0.3) is 11.5 Å². The summed E-state index contributed by atoms with van der Waals surface area (Å²) in [7, 11) is 1.61. The number of rotatable bonds is 3. The van der Waals surface area contributed by atoms with Gasteiger partial charge in [-0.1, -0.05) is 11.2 Å². The molecular weight excluding hydrogens is 277 g/mol. The van der Waals surface area contributed by atoms with E-state index in [-0.39, 0.29) is 11.6 Å². The molecule has 1 aliphatic heterocycles. The van der Waals surface area contributed by atoms with E-state index in [1.165, 1.54) is 6.07 Å². The first-order chi connectivity index (χ1) is 10.2. The van der Waals surface area contributed by atoms with Crippen molar-refractivity contribution in [2.75, 3.05) is 26.1 Å². The largest absolute Gasteiger partial charge is 0.396 e. The Morgan fingerprint density at radius 3 is 2.81 bits per heavy atom. The lowest BCUT2D eigenvalue weighted by atomic mass is 9.93. The average molecular weight is 293 g/mol. The number of benzene rings is 1. The molecule has 1 saturated heterocycles. The molecular formula is C14H16FN3O3. The summed E-state index contributed by atoms with van der Waals surface area (Å²) in [5.41, 5.74) is 5.46. The molecule has 0 amide bonds. The number of hydrogen-bond acceptors (Lipinski definition) is 6. The Kier molecular flexibility index (Phi) is 3.60. The molecule has 0 aliphatic carbocycles. The van der Waals surface area contributed by atoms with Crippen LogP contribution in [0.4, 0.5) is 10.1 Å². The monoisotopic (exact) mass is 293 g/mol. The number of anilines is 1. The molecule has 1 aliphatic rings. The van der Waals surface area contributed by atoms with E-state index in [9.17, 15) is 4.39 Å². The first-order valence-corrected chi connectivity index (χ1v) is 6.68. The maximum absolute atomic E-state index is 13.5. The van der Waals surface area contributed by atoms with Crippen molar-refractivity contribution in [2.24, 2.45) is 0 Å². The topological polar surface area (TPSA) is 83.4 Å². The van der Waals surface area contributed by atoms with Crippen LogP contribution in [-0.4, -0.2) is 30.5 Å². The number of ether oxygens (including phenoxy) is 2. The molecule has 0 saturated carbocycles. The minimum Gasteiger partial charge on any atom is -0.396 e. The molecule has 0 radical (unpaired) electrons. The van der Waals surface area contributed by atoms with Gasteiger partial charge in [0.2, 0.25) is 5.82 Å². The van der Waals surface area contributed by atoms with Crippen molar-refractivity contribution in [3.05, 3.63) is 29.8 Å². The van der Waals surface area contributed by atoms with Crippen molar-refractivity contribution in [2.45, 2.75) is 18.4 Å². The number of nitrogens with zero attached hydrogens (tertiary/aromatic N) is 2. The van der Waals surface area contributed by atoms with Crippen molar-refractivity contribution < 1.29 is 18.4 Å². The van der Waals surface area contributed by atoms with Crippen LogP contribution in [0.3, 0.4) is 0 Å². The summed E-state index contributed by atoms with van der Waals surface area (Å²) in [6.45, 7) is 1.14. The van der Waals surface area contributed by atoms with Crippen LogP contribution in [0.15, 0.2) is 22.7 Å². The molecule has 1 aromatic carbocycles. The van der Waals surface area contributed by atoms with Gasteiger partial charge in [0.15, 0.2) is 0 Å². The molecule has 7 heteroatoms. The predicted molar refractivity (Wildman–Crippen MR) is 72.8 cm³/mol. The number of methoxy groups -OCH3 is 1. The molecule has 0 spiro atoms. The highest BCUT2D eigenvalue weighted by molar-refractivity contribution is 5.70. The number of nitrogens with two attached hydrogens (primary N) is 1. The summed E-state index contributed by atoms with van der Waals surface area (Å²) in [6.07, 6.45) is 1.28. The summed E-state index contributed by atoms with van der Waals surface area (Å²) in [4.78, 5) is 4.34. The van der Waals surface area contributed by atoms with E-state index in [0.717, 1.165) is 0 Å². The van der Waals surface area contributed by atoms with Gasteiger partial charge in [0, 0.05) is 33.2 Å². The fourth-order valence-corrected chi connectivity index (χ4v) is 2.46. The summed E-state index contributed by atoms with van der Waals surface area (Å²) < 4.78 is 29.7. The summed E-state index contributed by atoms with van der Waals surface area (Å²) in [5.74, 6) is 0.108. The molecule has 3 rings (SSSR count). The molecule has 0 atom stereocenters. The average Bonchev–Trinajstić information content (AvgIpc) is 3.01. The number of aromatic nitrogens is 2. The highest BCUT2D eigenvalue weighted by Crippen LogP contribution is 2.35. The summed E-state index contributed by atoms with van der Waals surface area (Å²) >= 11 is 0. The Morgan fingerprint density at radius 2 is 2.10 bits per heavy atom. The Bertz CT molecular complexity index is 638. The maximum atomic E-state index is 13.5. The molecule has 0 unspecified atom stereocenters. The second-order valence-electron chi connectivity index (χ2n) is 4.93. The molecule has 112 valence electrons. The fraction of sp³-hybridized carbons (Fsp3) is 0.429. The highest BCUT2D eigenvalue weighted by Gasteiger charge is 2.39. The molecule has 2 aromatic rings. The molecule has 21 heavy (non-hydrogen) atoms. The normalized spacial score (nSPS) is 17.8. The van der Waals surface area contributed by atoms with E-state index in [1.54, 1.807) is 19.2 Å². The van der Waals surface area contributed by atoms with Gasteiger partial charge < -0.3 is 19.7 Å². The van der Waals surface area contributed by atoms with Gasteiger partial charge >= 0.3 is 0 Å². The standard InChI is InChI=1S/C14H16FN3O3/c1-19-14(5-7-20-8-6-14)13-17-12(21-18-13)9-3-2-4-10(15)11(9)16/h2-4H,5-8,16H2,1H3. The predicted octanol–water partition coefficient (Wildman–Crippen LogP) is 2.11. The number of para-hydroxylation sites is 1. The Balaban J connectivity index is 1.98. The van der Waals surface area contributed by atoms with Crippen LogP contribution in [0.2, 0.25) is 0 Å². The third-order valence-corrected chi connectivity index (χ3v) is 3.81. The second kappa shape index (κ2) is 5.42. The van der Waals surface area contributed by atoms with Gasteiger partial charge in [-0.3, -0.25) is 0 Å². The van der Waals surface area contributed by atoms with Gasteiger partial charge in [-0.05, 0) is 12.1 Å². The maximum Gasteiger partial charge on any atom is 0.260 e. The number of nitrogen functional groups attached to an aromatic ring is 1. The minimum absolute atomic E-state index is 0.00820. The van der Waals surface area contributed by atoms with Crippen LogP contribution >= 0.6 is 0 Å². The third kappa shape index (κ3) is 2.38. The third-order valence-electron chi connectivity index (χ3n) is 3.81. The lowest BCUT2D eigenvalue weighted by Gasteiger charge is -2.32. The zero-order chi connectivity index (χ0) is 14.9. The molecule has 1 aromatic heterocycles. The van der Waals surface area contributed by atoms with Gasteiger partial charge in [-0.2, -0.15) is 4.98 Å². The summed E-state index contributed by atoms with van der Waals surface area (Å²) in [6, 6.07) is 4.47. The van der Waals surface area contributed by atoms with Gasteiger partial charge in [-0.15, -0.1) is 0 Å². The van der Waals surface area contributed by atoms with Gasteiger partial charge in [0.1, 0.15) is 11.4 Å². The second-order valence-corrected chi connectivity index (χ2v) is 4.93. The Labute approximate surface area is 121 Å². The van der Waals surface area contributed by atoms with E-state index in [2.05, 4.69) is 10.1 Å². The van der Waals surface area contributed by atoms with Gasteiger partial charge in [0.25, 0.3) is 5.89 Å². The zero-order valence-corrected chi connectivity index (χ0v) is 11.6. The first-order valence-electron chi connectivity index (χ1n) is 6.68. The quantitative estimate of drug-likeness (QED) is 0.873. The van der Waals surface area contributed by atoms with Crippen LogP contribution in [-0.2, 0) is 15.1 Å². The van der Waals surface area contributed by atoms with Gasteiger partial charge in [0.05, 0.1) is 11.3 Å².